The van der Waals surface area contributed by atoms with Crippen molar-refractivity contribution in [2.75, 3.05) is 4.72 Å². The second kappa shape index (κ2) is 9.25. The fraction of sp³-hybridized carbons (Fsp3) is 0. The third kappa shape index (κ3) is 4.65. The number of rotatable bonds is 7. The molecule has 0 radical (unpaired) electrons. The van der Waals surface area contributed by atoms with E-state index in [0.29, 0.717) is 5.56 Å². The van der Waals surface area contributed by atoms with E-state index >= 15 is 0 Å². The molecule has 0 saturated carbocycles. The molecule has 2 N–H and O–H groups in total. The number of nitro groups is 1. The van der Waals surface area contributed by atoms with Crippen molar-refractivity contribution >= 4 is 38.3 Å². The Morgan fingerprint density at radius 1 is 0.865 bits per heavy atom. The van der Waals surface area contributed by atoms with Gasteiger partial charge in [0.1, 0.15) is 5.69 Å². The van der Waals surface area contributed by atoms with Crippen LogP contribution in [0.15, 0.2) is 108 Å². The van der Waals surface area contributed by atoms with Crippen molar-refractivity contribution in [2.24, 2.45) is 0 Å². The van der Waals surface area contributed by atoms with E-state index < -0.39 is 26.6 Å². The van der Waals surface area contributed by atoms with E-state index in [9.17, 15) is 23.3 Å². The summed E-state index contributed by atoms with van der Waals surface area (Å²) in [4.78, 5) is 21.9. The van der Waals surface area contributed by atoms with Gasteiger partial charge in [0, 0.05) is 18.0 Å². The SMILES string of the molecule is O=C(O)c1ccc(S(=O)(=O)Nc2ccc(-c3ccc(-n4ccc5ccccc54)cc3)cc2[N+](=O)[O-])cc1. The number of nitrogens with zero attached hydrogens (tertiary/aromatic N) is 2. The van der Waals surface area contributed by atoms with Gasteiger partial charge >= 0.3 is 5.97 Å². The maximum absolute atomic E-state index is 12.8. The van der Waals surface area contributed by atoms with Crippen molar-refractivity contribution in [3.05, 3.63) is 119 Å². The molecule has 0 amide bonds. The van der Waals surface area contributed by atoms with Crippen LogP contribution in [0.2, 0.25) is 0 Å². The monoisotopic (exact) mass is 513 g/mol. The molecular formula is C27H19N3O6S. The molecule has 0 aliphatic heterocycles. The second-order valence-electron chi connectivity index (χ2n) is 8.22. The zero-order chi connectivity index (χ0) is 26.2. The van der Waals surface area contributed by atoms with Gasteiger partial charge in [-0.15, -0.1) is 0 Å². The van der Waals surface area contributed by atoms with Crippen LogP contribution < -0.4 is 4.72 Å². The molecule has 0 spiro atoms. The predicted octanol–water partition coefficient (Wildman–Crippen LogP) is 5.70. The van der Waals surface area contributed by atoms with Crippen molar-refractivity contribution in [3.63, 3.8) is 0 Å². The highest BCUT2D eigenvalue weighted by Crippen LogP contribution is 2.33. The van der Waals surface area contributed by atoms with Crippen LogP contribution in [0.3, 0.4) is 0 Å². The van der Waals surface area contributed by atoms with Gasteiger partial charge in [-0.05, 0) is 71.1 Å². The van der Waals surface area contributed by atoms with Crippen molar-refractivity contribution in [3.8, 4) is 16.8 Å². The third-order valence-electron chi connectivity index (χ3n) is 5.93. The van der Waals surface area contributed by atoms with Gasteiger partial charge in [-0.1, -0.05) is 36.4 Å². The zero-order valence-corrected chi connectivity index (χ0v) is 19.9. The van der Waals surface area contributed by atoms with E-state index in [1.807, 2.05) is 65.4 Å². The summed E-state index contributed by atoms with van der Waals surface area (Å²) in [6.07, 6.45) is 1.97. The first kappa shape index (κ1) is 23.8. The van der Waals surface area contributed by atoms with E-state index in [4.69, 9.17) is 5.11 Å². The number of anilines is 1. The molecule has 9 nitrogen and oxygen atoms in total. The van der Waals surface area contributed by atoms with Crippen molar-refractivity contribution in [1.82, 2.24) is 4.57 Å². The van der Waals surface area contributed by atoms with Gasteiger partial charge in [0.05, 0.1) is 20.9 Å². The van der Waals surface area contributed by atoms with Gasteiger partial charge in [0.2, 0.25) is 0 Å². The van der Waals surface area contributed by atoms with Gasteiger partial charge in [-0.2, -0.15) is 0 Å². The van der Waals surface area contributed by atoms with E-state index in [-0.39, 0.29) is 16.1 Å². The summed E-state index contributed by atoms with van der Waals surface area (Å²) in [5.41, 5.74) is 2.56. The number of para-hydroxylation sites is 1. The molecule has 0 bridgehead atoms. The lowest BCUT2D eigenvalue weighted by Gasteiger charge is -2.11. The molecule has 0 unspecified atom stereocenters. The molecule has 0 aliphatic carbocycles. The first-order valence-corrected chi connectivity index (χ1v) is 12.5. The fourth-order valence-corrected chi connectivity index (χ4v) is 5.13. The Kier molecular flexibility index (Phi) is 5.94. The Bertz CT molecular complexity index is 1760. The topological polar surface area (TPSA) is 132 Å². The third-order valence-corrected chi connectivity index (χ3v) is 7.31. The van der Waals surface area contributed by atoms with Crippen molar-refractivity contribution in [1.29, 1.82) is 0 Å². The summed E-state index contributed by atoms with van der Waals surface area (Å²) in [6.45, 7) is 0. The van der Waals surface area contributed by atoms with E-state index in [0.717, 1.165) is 46.4 Å². The summed E-state index contributed by atoms with van der Waals surface area (Å²) in [5, 5.41) is 21.9. The lowest BCUT2D eigenvalue weighted by Crippen LogP contribution is -2.14. The smallest absolute Gasteiger partial charge is 0.335 e. The maximum Gasteiger partial charge on any atom is 0.335 e. The fourth-order valence-electron chi connectivity index (χ4n) is 4.05. The molecule has 0 fully saturated rings. The van der Waals surface area contributed by atoms with Crippen LogP contribution in [0.5, 0.6) is 0 Å². The van der Waals surface area contributed by atoms with Gasteiger partial charge in [0.25, 0.3) is 15.7 Å². The summed E-state index contributed by atoms with van der Waals surface area (Å²) in [7, 11) is -4.19. The predicted molar refractivity (Wildman–Crippen MR) is 140 cm³/mol. The zero-order valence-electron chi connectivity index (χ0n) is 19.1. The van der Waals surface area contributed by atoms with E-state index in [2.05, 4.69) is 4.72 Å². The number of sulfonamides is 1. The minimum absolute atomic E-state index is 0.0785. The van der Waals surface area contributed by atoms with Crippen LogP contribution in [-0.2, 0) is 10.0 Å². The molecule has 1 aromatic heterocycles. The van der Waals surface area contributed by atoms with Crippen molar-refractivity contribution in [2.45, 2.75) is 4.90 Å². The highest BCUT2D eigenvalue weighted by atomic mass is 32.2. The number of carboxylic acids is 1. The average molecular weight is 514 g/mol. The minimum atomic E-state index is -4.19. The minimum Gasteiger partial charge on any atom is -0.478 e. The van der Waals surface area contributed by atoms with Gasteiger partial charge in [-0.25, -0.2) is 13.2 Å². The lowest BCUT2D eigenvalue weighted by atomic mass is 10.0. The molecule has 0 saturated heterocycles. The van der Waals surface area contributed by atoms with Gasteiger partial charge in [0.15, 0.2) is 0 Å². The molecule has 0 atom stereocenters. The van der Waals surface area contributed by atoms with Crippen LogP contribution in [-0.4, -0.2) is 29.0 Å². The number of hydrogen-bond acceptors (Lipinski definition) is 5. The summed E-state index contributed by atoms with van der Waals surface area (Å²) >= 11 is 0. The largest absolute Gasteiger partial charge is 0.478 e. The normalized spacial score (nSPS) is 11.4. The molecule has 4 aromatic carbocycles. The Hall–Kier alpha value is -4.96. The number of benzene rings is 4. The number of carbonyl (C=O) groups is 1. The van der Waals surface area contributed by atoms with Crippen molar-refractivity contribution < 1.29 is 23.2 Å². The first-order chi connectivity index (χ1) is 17.7. The number of hydrogen-bond donors (Lipinski definition) is 2. The maximum atomic E-state index is 12.8. The Labute approximate surface area is 211 Å². The van der Waals surface area contributed by atoms with Gasteiger partial charge < -0.3 is 9.67 Å². The second-order valence-corrected chi connectivity index (χ2v) is 9.90. The summed E-state index contributed by atoms with van der Waals surface area (Å²) < 4.78 is 29.8. The molecule has 184 valence electrons. The number of nitro benzene ring substituents is 1. The Morgan fingerprint density at radius 3 is 2.22 bits per heavy atom. The molecule has 1 heterocycles. The molecule has 5 aromatic rings. The molecule has 10 heteroatoms. The first-order valence-electron chi connectivity index (χ1n) is 11.0. The molecular weight excluding hydrogens is 494 g/mol. The Balaban J connectivity index is 1.44. The molecule has 37 heavy (non-hydrogen) atoms. The van der Waals surface area contributed by atoms with E-state index in [1.165, 1.54) is 12.1 Å². The number of fused-ring (bicyclic) bond motifs is 1. The summed E-state index contributed by atoms with van der Waals surface area (Å²) in [5.74, 6) is -1.20. The number of nitrogens with one attached hydrogen (secondary N) is 1. The average Bonchev–Trinajstić information content (AvgIpc) is 3.33. The van der Waals surface area contributed by atoms with Crippen LogP contribution in [0, 0.1) is 10.1 Å². The summed E-state index contributed by atoms with van der Waals surface area (Å²) in [6, 6.07) is 26.3. The molecule has 5 rings (SSSR count). The van der Waals surface area contributed by atoms with Crippen LogP contribution >= 0.6 is 0 Å². The quantitative estimate of drug-likeness (QED) is 0.212. The van der Waals surface area contributed by atoms with Crippen LogP contribution in [0.4, 0.5) is 11.4 Å². The Morgan fingerprint density at radius 2 is 1.54 bits per heavy atom. The number of aromatic carboxylic acids is 1. The highest BCUT2D eigenvalue weighted by molar-refractivity contribution is 7.92. The lowest BCUT2D eigenvalue weighted by molar-refractivity contribution is -0.383. The highest BCUT2D eigenvalue weighted by Gasteiger charge is 2.22. The molecule has 0 aliphatic rings. The number of aromatic nitrogens is 1. The standard InChI is InChI=1S/C27H19N3O6S/c31-27(32)20-7-12-23(13-8-20)37(35,36)28-24-14-9-21(17-26(24)30(33)34)18-5-10-22(11-6-18)29-16-15-19-3-1-2-4-25(19)29/h1-17,28H,(H,31,32). The number of carboxylic acid groups (broad SMARTS) is 1. The van der Waals surface area contributed by atoms with Crippen LogP contribution in [0.25, 0.3) is 27.7 Å². The van der Waals surface area contributed by atoms with Crippen LogP contribution in [0.1, 0.15) is 10.4 Å². The van der Waals surface area contributed by atoms with Gasteiger partial charge in [-0.3, -0.25) is 14.8 Å². The van der Waals surface area contributed by atoms with E-state index in [1.54, 1.807) is 6.07 Å².